The summed E-state index contributed by atoms with van der Waals surface area (Å²) in [6.45, 7) is 2.30. The van der Waals surface area contributed by atoms with Crippen LogP contribution in [0.3, 0.4) is 0 Å². The maximum atomic E-state index is 6.30. The zero-order valence-electron chi connectivity index (χ0n) is 27.5. The number of rotatable bonds is 6. The molecule has 1 unspecified atom stereocenters. The molecule has 2 aliphatic rings. The van der Waals surface area contributed by atoms with E-state index in [9.17, 15) is 0 Å². The second kappa shape index (κ2) is 12.2. The third kappa shape index (κ3) is 5.20. The summed E-state index contributed by atoms with van der Waals surface area (Å²) in [5.74, 6) is 2.76. The van der Waals surface area contributed by atoms with Gasteiger partial charge in [-0.3, -0.25) is 0 Å². The molecule has 0 amide bonds. The number of anilines is 2. The Morgan fingerprint density at radius 2 is 1.02 bits per heavy atom. The molecule has 1 atom stereocenters. The fourth-order valence-corrected chi connectivity index (χ4v) is 7.11. The van der Waals surface area contributed by atoms with Gasteiger partial charge in [-0.15, -0.1) is 10.2 Å². The van der Waals surface area contributed by atoms with Gasteiger partial charge >= 0.3 is 0 Å². The van der Waals surface area contributed by atoms with Gasteiger partial charge in [-0.05, 0) is 95.3 Å². The van der Waals surface area contributed by atoms with Gasteiger partial charge in [0.25, 0.3) is 0 Å². The van der Waals surface area contributed by atoms with Crippen LogP contribution in [0.4, 0.5) is 11.4 Å². The molecule has 7 aromatic rings. The first kappa shape index (κ1) is 29.7. The molecule has 9 rings (SSSR count). The molecular weight excluding hydrogens is 615 g/mol. The summed E-state index contributed by atoms with van der Waals surface area (Å²) in [5.41, 5.74) is 10.7. The summed E-state index contributed by atoms with van der Waals surface area (Å²) >= 11 is 0. The summed E-state index contributed by atoms with van der Waals surface area (Å²) in [7, 11) is 0. The van der Waals surface area contributed by atoms with Crippen LogP contribution < -0.4 is 9.64 Å². The van der Waals surface area contributed by atoms with Crippen molar-refractivity contribution in [3.05, 3.63) is 175 Å². The average Bonchev–Trinajstić information content (AvgIpc) is 3.68. The van der Waals surface area contributed by atoms with Gasteiger partial charge in [0.1, 0.15) is 0 Å². The number of para-hydroxylation sites is 4. The lowest BCUT2D eigenvalue weighted by molar-refractivity contribution is 0.454. The highest BCUT2D eigenvalue weighted by molar-refractivity contribution is 5.93. The predicted octanol–water partition coefficient (Wildman–Crippen LogP) is 11.8. The highest BCUT2D eigenvalue weighted by Gasteiger charge is 2.37. The third-order valence-corrected chi connectivity index (χ3v) is 9.64. The number of benzene rings is 6. The third-order valence-electron chi connectivity index (χ3n) is 9.64. The van der Waals surface area contributed by atoms with Crippen molar-refractivity contribution in [2.24, 2.45) is 0 Å². The van der Waals surface area contributed by atoms with Crippen LogP contribution in [0.1, 0.15) is 18.9 Å². The fourth-order valence-electron chi connectivity index (χ4n) is 7.11. The van der Waals surface area contributed by atoms with E-state index in [1.165, 1.54) is 22.3 Å². The molecule has 0 bridgehead atoms. The minimum atomic E-state index is -0.283. The first-order valence-corrected chi connectivity index (χ1v) is 16.9. The van der Waals surface area contributed by atoms with E-state index in [0.29, 0.717) is 11.8 Å². The molecule has 0 saturated heterocycles. The molecule has 0 saturated carbocycles. The fraction of sp³-hybridized carbons (Fsp3) is 0.0667. The van der Waals surface area contributed by atoms with Crippen molar-refractivity contribution in [3.8, 4) is 56.7 Å². The molecule has 240 valence electrons. The predicted molar refractivity (Wildman–Crippen MR) is 201 cm³/mol. The lowest BCUT2D eigenvalue weighted by Crippen LogP contribution is -2.43. The summed E-state index contributed by atoms with van der Waals surface area (Å²) in [6.07, 6.45) is 7.85. The molecule has 6 aromatic carbocycles. The maximum absolute atomic E-state index is 6.30. The average molecular weight is 648 g/mol. The second-order valence-corrected chi connectivity index (χ2v) is 12.9. The lowest BCUT2D eigenvalue weighted by Gasteiger charge is -2.45. The quantitative estimate of drug-likeness (QED) is 0.180. The van der Waals surface area contributed by atoms with Crippen molar-refractivity contribution in [1.82, 2.24) is 10.2 Å². The number of hydrogen-bond acceptors (Lipinski definition) is 5. The van der Waals surface area contributed by atoms with E-state index in [1.54, 1.807) is 0 Å². The van der Waals surface area contributed by atoms with Crippen LogP contribution in [0, 0.1) is 0 Å². The summed E-state index contributed by atoms with van der Waals surface area (Å²) in [5, 5.41) is 8.59. The molecular formula is C45H33N3O2. The molecule has 5 heteroatoms. The molecule has 0 fully saturated rings. The SMILES string of the molecule is CC1(N2c3ccccc3Oc3ccccc32)C=CC(c2ccccc2-c2ccccc2-c2ccc(-c3nnc(-c4ccccc4)o3)cc2)=CC1. The van der Waals surface area contributed by atoms with E-state index >= 15 is 0 Å². The molecule has 0 radical (unpaired) electrons. The number of ether oxygens (including phenoxy) is 1. The lowest BCUT2D eigenvalue weighted by atomic mass is 9.83. The van der Waals surface area contributed by atoms with Crippen LogP contribution in [0.25, 0.3) is 50.7 Å². The van der Waals surface area contributed by atoms with Crippen LogP contribution in [-0.4, -0.2) is 15.7 Å². The van der Waals surface area contributed by atoms with Gasteiger partial charge in [0.2, 0.25) is 11.8 Å². The minimum Gasteiger partial charge on any atom is -0.453 e. The van der Waals surface area contributed by atoms with Crippen LogP contribution in [0.2, 0.25) is 0 Å². The van der Waals surface area contributed by atoms with Gasteiger partial charge in [-0.2, -0.15) is 0 Å². The van der Waals surface area contributed by atoms with Gasteiger partial charge in [-0.1, -0.05) is 121 Å². The minimum absolute atomic E-state index is 0.283. The van der Waals surface area contributed by atoms with E-state index in [4.69, 9.17) is 9.15 Å². The van der Waals surface area contributed by atoms with Gasteiger partial charge in [0.15, 0.2) is 11.5 Å². The van der Waals surface area contributed by atoms with Crippen molar-refractivity contribution in [1.29, 1.82) is 0 Å². The first-order chi connectivity index (χ1) is 24.6. The Morgan fingerprint density at radius 1 is 0.520 bits per heavy atom. The molecule has 2 heterocycles. The van der Waals surface area contributed by atoms with Gasteiger partial charge in [0.05, 0.1) is 16.9 Å². The van der Waals surface area contributed by atoms with Crippen LogP contribution in [0.5, 0.6) is 11.5 Å². The Morgan fingerprint density at radius 3 is 1.64 bits per heavy atom. The standard InChI is InChI=1S/C45H33N3O2/c1-45(48-39-19-9-11-21-41(39)49-42-22-12-10-20-40(42)48)29-27-32(28-30-45)36-16-6-8-18-38(36)37-17-7-5-15-35(37)31-23-25-34(26-24-31)44-47-46-43(50-44)33-13-3-2-4-14-33/h2-29H,30H2,1H3. The summed E-state index contributed by atoms with van der Waals surface area (Å²) in [4.78, 5) is 2.42. The van der Waals surface area contributed by atoms with E-state index in [0.717, 1.165) is 51.5 Å². The van der Waals surface area contributed by atoms with E-state index < -0.39 is 0 Å². The molecule has 50 heavy (non-hydrogen) atoms. The Bertz CT molecular complexity index is 2360. The van der Waals surface area contributed by atoms with Crippen molar-refractivity contribution < 1.29 is 9.15 Å². The smallest absolute Gasteiger partial charge is 0.248 e. The molecule has 0 spiro atoms. The highest BCUT2D eigenvalue weighted by Crippen LogP contribution is 2.51. The topological polar surface area (TPSA) is 51.4 Å². The number of aromatic nitrogens is 2. The van der Waals surface area contributed by atoms with Crippen molar-refractivity contribution in [3.63, 3.8) is 0 Å². The summed E-state index contributed by atoms with van der Waals surface area (Å²) in [6, 6.07) is 52.1. The molecule has 5 nitrogen and oxygen atoms in total. The summed E-state index contributed by atoms with van der Waals surface area (Å²) < 4.78 is 12.3. The number of fused-ring (bicyclic) bond motifs is 2. The van der Waals surface area contributed by atoms with Gasteiger partial charge in [0, 0.05) is 11.1 Å². The van der Waals surface area contributed by atoms with Crippen molar-refractivity contribution in [2.45, 2.75) is 18.9 Å². The van der Waals surface area contributed by atoms with Crippen LogP contribution in [0.15, 0.2) is 174 Å². The second-order valence-electron chi connectivity index (χ2n) is 12.9. The van der Waals surface area contributed by atoms with E-state index in [-0.39, 0.29) is 5.54 Å². The maximum Gasteiger partial charge on any atom is 0.248 e. The van der Waals surface area contributed by atoms with Crippen LogP contribution >= 0.6 is 0 Å². The van der Waals surface area contributed by atoms with E-state index in [1.807, 2.05) is 54.6 Å². The normalized spacial score (nSPS) is 16.3. The Balaban J connectivity index is 1.03. The molecule has 1 aromatic heterocycles. The Hall–Kier alpha value is -6.46. The van der Waals surface area contributed by atoms with E-state index in [2.05, 4.69) is 137 Å². The zero-order valence-corrected chi connectivity index (χ0v) is 27.5. The highest BCUT2D eigenvalue weighted by atomic mass is 16.5. The number of nitrogens with zero attached hydrogens (tertiary/aromatic N) is 3. The molecule has 0 N–H and O–H groups in total. The van der Waals surface area contributed by atoms with Crippen molar-refractivity contribution >= 4 is 16.9 Å². The molecule has 1 aliphatic carbocycles. The Labute approximate surface area is 291 Å². The van der Waals surface area contributed by atoms with Gasteiger partial charge < -0.3 is 14.1 Å². The monoisotopic (exact) mass is 647 g/mol. The van der Waals surface area contributed by atoms with Crippen LogP contribution in [-0.2, 0) is 0 Å². The zero-order chi connectivity index (χ0) is 33.5. The van der Waals surface area contributed by atoms with Crippen molar-refractivity contribution in [2.75, 3.05) is 4.90 Å². The van der Waals surface area contributed by atoms with Gasteiger partial charge in [-0.25, -0.2) is 0 Å². The number of allylic oxidation sites excluding steroid dienone is 2. The largest absolute Gasteiger partial charge is 0.453 e. The molecule has 1 aliphatic heterocycles. The number of hydrogen-bond donors (Lipinski definition) is 0. The Kier molecular flexibility index (Phi) is 7.24. The first-order valence-electron chi connectivity index (χ1n) is 16.9.